The van der Waals surface area contributed by atoms with Gasteiger partial charge in [-0.2, -0.15) is 0 Å². The van der Waals surface area contributed by atoms with Crippen molar-refractivity contribution in [2.24, 2.45) is 0 Å². The fraction of sp³-hybridized carbons (Fsp3) is 0.300. The van der Waals surface area contributed by atoms with Crippen molar-refractivity contribution in [1.29, 1.82) is 0 Å². The van der Waals surface area contributed by atoms with Crippen LogP contribution in [0.2, 0.25) is 0 Å². The van der Waals surface area contributed by atoms with Crippen molar-refractivity contribution in [3.05, 3.63) is 30.0 Å². The van der Waals surface area contributed by atoms with Crippen LogP contribution in [0, 0.1) is 0 Å². The van der Waals surface area contributed by atoms with Crippen molar-refractivity contribution < 1.29 is 13.2 Å². The maximum Gasteiger partial charge on any atom is 0.221 e. The van der Waals surface area contributed by atoms with Gasteiger partial charge in [0.1, 0.15) is 0 Å². The van der Waals surface area contributed by atoms with Gasteiger partial charge >= 0.3 is 0 Å². The van der Waals surface area contributed by atoms with Crippen LogP contribution in [-0.2, 0) is 9.84 Å². The Morgan fingerprint density at radius 1 is 1.47 bits per heavy atom. The van der Waals surface area contributed by atoms with Crippen LogP contribution in [0.3, 0.4) is 0 Å². The molecule has 4 nitrogen and oxygen atoms in total. The highest BCUT2D eigenvalue weighted by molar-refractivity contribution is 8.00. The number of aromatic nitrogens is 1. The van der Waals surface area contributed by atoms with E-state index in [1.807, 2.05) is 0 Å². The van der Waals surface area contributed by atoms with E-state index in [4.69, 9.17) is 4.74 Å². The van der Waals surface area contributed by atoms with Crippen LogP contribution in [0.25, 0.3) is 4.91 Å². The average molecular weight is 225 g/mol. The Hall–Kier alpha value is -1.36. The summed E-state index contributed by atoms with van der Waals surface area (Å²) in [7, 11) is -1.65. The van der Waals surface area contributed by atoms with E-state index in [-0.39, 0.29) is 5.75 Å². The highest BCUT2D eigenvalue weighted by Gasteiger charge is 2.26. The van der Waals surface area contributed by atoms with Crippen molar-refractivity contribution in [1.82, 2.24) is 4.98 Å². The van der Waals surface area contributed by atoms with E-state index in [1.54, 1.807) is 24.4 Å². The molecular formula is C10H11NO3S. The molecule has 2 heterocycles. The maximum absolute atomic E-state index is 11.7. The lowest BCUT2D eigenvalue weighted by atomic mass is 10.2. The van der Waals surface area contributed by atoms with Gasteiger partial charge in [0.2, 0.25) is 5.88 Å². The molecule has 0 aromatic carbocycles. The Balaban J connectivity index is 2.55. The molecule has 0 radical (unpaired) electrons. The van der Waals surface area contributed by atoms with Crippen LogP contribution in [0.1, 0.15) is 12.0 Å². The number of sulfone groups is 1. The first-order valence-corrected chi connectivity index (χ1v) is 6.22. The lowest BCUT2D eigenvalue weighted by Gasteiger charge is -2.07. The Morgan fingerprint density at radius 2 is 2.27 bits per heavy atom. The Morgan fingerprint density at radius 3 is 2.87 bits per heavy atom. The van der Waals surface area contributed by atoms with Gasteiger partial charge in [0.15, 0.2) is 9.84 Å². The van der Waals surface area contributed by atoms with Crippen molar-refractivity contribution in [2.75, 3.05) is 12.9 Å². The topological polar surface area (TPSA) is 56.3 Å². The molecule has 2 rings (SSSR count). The van der Waals surface area contributed by atoms with Gasteiger partial charge in [-0.05, 0) is 18.6 Å². The Bertz CT molecular complexity index is 505. The molecule has 1 aliphatic rings. The number of hydrogen-bond acceptors (Lipinski definition) is 4. The van der Waals surface area contributed by atoms with Gasteiger partial charge < -0.3 is 4.74 Å². The number of ether oxygens (including phenoxy) is 1. The number of methoxy groups -OCH3 is 1. The minimum atomic E-state index is -3.13. The number of hydrogen-bond donors (Lipinski definition) is 0. The highest BCUT2D eigenvalue weighted by Crippen LogP contribution is 2.32. The molecule has 0 bridgehead atoms. The fourth-order valence-electron chi connectivity index (χ4n) is 1.60. The summed E-state index contributed by atoms with van der Waals surface area (Å²) in [5.74, 6) is 0.537. The molecule has 0 saturated carbocycles. The van der Waals surface area contributed by atoms with Crippen LogP contribution in [0.15, 0.2) is 24.4 Å². The zero-order chi connectivity index (χ0) is 10.9. The van der Waals surface area contributed by atoms with Gasteiger partial charge in [-0.1, -0.05) is 6.08 Å². The van der Waals surface area contributed by atoms with Crippen molar-refractivity contribution in [3.63, 3.8) is 0 Å². The summed E-state index contributed by atoms with van der Waals surface area (Å²) in [4.78, 5) is 4.32. The fourth-order valence-corrected chi connectivity index (χ4v) is 3.11. The summed E-state index contributed by atoms with van der Waals surface area (Å²) in [6.45, 7) is 0. The molecule has 0 atom stereocenters. The molecule has 0 fully saturated rings. The molecule has 80 valence electrons. The second-order valence-corrected chi connectivity index (χ2v) is 5.31. The zero-order valence-electron chi connectivity index (χ0n) is 8.30. The normalized spacial score (nSPS) is 18.6. The molecule has 1 aromatic heterocycles. The second-order valence-electron chi connectivity index (χ2n) is 3.24. The maximum atomic E-state index is 11.7. The summed E-state index contributed by atoms with van der Waals surface area (Å²) < 4.78 is 28.4. The molecule has 0 spiro atoms. The summed E-state index contributed by atoms with van der Waals surface area (Å²) in [5, 5.41) is 0. The van der Waals surface area contributed by atoms with Gasteiger partial charge in [0, 0.05) is 6.20 Å². The van der Waals surface area contributed by atoms with Crippen LogP contribution in [-0.4, -0.2) is 26.3 Å². The third-order valence-corrected chi connectivity index (χ3v) is 4.11. The van der Waals surface area contributed by atoms with E-state index >= 15 is 0 Å². The molecule has 0 saturated heterocycles. The van der Waals surface area contributed by atoms with Gasteiger partial charge in [-0.3, -0.25) is 0 Å². The number of nitrogens with zero attached hydrogens (tertiary/aromatic N) is 1. The standard InChI is InChI=1S/C10H11NO3S/c1-14-10-8(4-2-6-11-10)9-5-3-7-15(9,12)13/h2,4-6H,3,7H2,1H3. The van der Waals surface area contributed by atoms with Crippen LogP contribution in [0.5, 0.6) is 5.88 Å². The summed E-state index contributed by atoms with van der Waals surface area (Å²) in [5.41, 5.74) is 0.553. The third kappa shape index (κ3) is 1.74. The lowest BCUT2D eigenvalue weighted by molar-refractivity contribution is 0.396. The van der Waals surface area contributed by atoms with Gasteiger partial charge in [-0.15, -0.1) is 0 Å². The third-order valence-electron chi connectivity index (χ3n) is 2.28. The molecule has 0 amide bonds. The smallest absolute Gasteiger partial charge is 0.221 e. The number of allylic oxidation sites excluding steroid dienone is 1. The van der Waals surface area contributed by atoms with Crippen molar-refractivity contribution in [2.45, 2.75) is 6.42 Å². The molecule has 0 N–H and O–H groups in total. The van der Waals surface area contributed by atoms with Gasteiger partial charge in [-0.25, -0.2) is 13.4 Å². The molecule has 5 heteroatoms. The molecule has 15 heavy (non-hydrogen) atoms. The molecule has 1 aliphatic heterocycles. The number of pyridine rings is 1. The molecular weight excluding hydrogens is 214 g/mol. The van der Waals surface area contributed by atoms with E-state index in [1.165, 1.54) is 7.11 Å². The second kappa shape index (κ2) is 3.66. The molecule has 0 unspecified atom stereocenters. The molecule has 1 aromatic rings. The van der Waals surface area contributed by atoms with E-state index in [0.717, 1.165) is 0 Å². The van der Waals surface area contributed by atoms with E-state index in [2.05, 4.69) is 4.98 Å². The van der Waals surface area contributed by atoms with Crippen LogP contribution in [0.4, 0.5) is 0 Å². The summed E-state index contributed by atoms with van der Waals surface area (Å²) in [6, 6.07) is 3.41. The Kier molecular flexibility index (Phi) is 2.48. The largest absolute Gasteiger partial charge is 0.481 e. The quantitative estimate of drug-likeness (QED) is 0.760. The lowest BCUT2D eigenvalue weighted by Crippen LogP contribution is -2.03. The predicted molar refractivity (Wildman–Crippen MR) is 57.2 cm³/mol. The monoisotopic (exact) mass is 225 g/mol. The molecule has 0 aliphatic carbocycles. The van der Waals surface area contributed by atoms with E-state index in [9.17, 15) is 8.42 Å². The Labute approximate surface area is 88.5 Å². The summed E-state index contributed by atoms with van der Waals surface area (Å²) >= 11 is 0. The summed E-state index contributed by atoms with van der Waals surface area (Å²) in [6.07, 6.45) is 3.86. The zero-order valence-corrected chi connectivity index (χ0v) is 9.12. The first-order chi connectivity index (χ1) is 7.15. The minimum absolute atomic E-state index is 0.181. The average Bonchev–Trinajstić information content (AvgIpc) is 2.58. The van der Waals surface area contributed by atoms with Gasteiger partial charge in [0.25, 0.3) is 0 Å². The predicted octanol–water partition coefficient (Wildman–Crippen LogP) is 1.25. The first kappa shape index (κ1) is 10.2. The van der Waals surface area contributed by atoms with E-state index < -0.39 is 9.84 Å². The first-order valence-electron chi connectivity index (χ1n) is 4.57. The van der Waals surface area contributed by atoms with E-state index in [0.29, 0.717) is 22.8 Å². The minimum Gasteiger partial charge on any atom is -0.481 e. The van der Waals surface area contributed by atoms with Crippen molar-refractivity contribution >= 4 is 14.7 Å². The SMILES string of the molecule is COc1ncccc1C1=CCCS1(=O)=O. The van der Waals surface area contributed by atoms with Crippen LogP contribution >= 0.6 is 0 Å². The van der Waals surface area contributed by atoms with Crippen LogP contribution < -0.4 is 4.74 Å². The number of rotatable bonds is 2. The van der Waals surface area contributed by atoms with Gasteiger partial charge in [0.05, 0.1) is 23.3 Å². The highest BCUT2D eigenvalue weighted by atomic mass is 32.2. The van der Waals surface area contributed by atoms with Crippen molar-refractivity contribution in [3.8, 4) is 5.88 Å².